The lowest BCUT2D eigenvalue weighted by Crippen LogP contribution is -2.15. The molecule has 0 unspecified atom stereocenters. The number of tetrazole rings is 1. The van der Waals surface area contributed by atoms with E-state index in [4.69, 9.17) is 0 Å². The van der Waals surface area contributed by atoms with Gasteiger partial charge in [-0.15, -0.1) is 5.10 Å². The highest BCUT2D eigenvalue weighted by molar-refractivity contribution is 5.90. The summed E-state index contributed by atoms with van der Waals surface area (Å²) >= 11 is 0. The number of hydrogen-bond donors (Lipinski definition) is 2. The molecule has 29 heavy (non-hydrogen) atoms. The van der Waals surface area contributed by atoms with Crippen molar-refractivity contribution in [3.05, 3.63) is 60.6 Å². The number of aromatic amines is 1. The molecule has 4 rings (SSSR count). The zero-order valence-electron chi connectivity index (χ0n) is 15.5. The summed E-state index contributed by atoms with van der Waals surface area (Å²) in [4.78, 5) is 24.2. The number of amides is 1. The van der Waals surface area contributed by atoms with Crippen LogP contribution in [-0.4, -0.2) is 41.1 Å². The molecule has 0 aliphatic heterocycles. The lowest BCUT2D eigenvalue weighted by atomic mass is 10.1. The number of rotatable bonds is 6. The fraction of sp³-hybridized carbons (Fsp3) is 0.158. The van der Waals surface area contributed by atoms with Crippen molar-refractivity contribution in [1.82, 2.24) is 35.2 Å². The molecule has 146 valence electrons. The number of aryl methyl sites for hydroxylation is 2. The van der Waals surface area contributed by atoms with Crippen LogP contribution < -0.4 is 5.32 Å². The van der Waals surface area contributed by atoms with E-state index in [9.17, 15) is 9.18 Å². The molecule has 0 saturated heterocycles. The Morgan fingerprint density at radius 1 is 1.21 bits per heavy atom. The second-order valence-electron chi connectivity index (χ2n) is 6.35. The first-order chi connectivity index (χ1) is 14.1. The van der Waals surface area contributed by atoms with Gasteiger partial charge in [0.1, 0.15) is 23.8 Å². The van der Waals surface area contributed by atoms with E-state index in [1.807, 2.05) is 6.92 Å². The average molecular weight is 392 g/mol. The molecule has 0 spiro atoms. The van der Waals surface area contributed by atoms with Crippen LogP contribution in [0.2, 0.25) is 0 Å². The molecule has 10 heteroatoms. The van der Waals surface area contributed by atoms with E-state index in [-0.39, 0.29) is 18.1 Å². The molecular formula is C19H17FN8O. The van der Waals surface area contributed by atoms with Crippen molar-refractivity contribution in [1.29, 1.82) is 0 Å². The van der Waals surface area contributed by atoms with E-state index in [1.165, 1.54) is 23.1 Å². The van der Waals surface area contributed by atoms with Crippen LogP contribution in [0.15, 0.2) is 48.9 Å². The maximum absolute atomic E-state index is 13.3. The van der Waals surface area contributed by atoms with Crippen LogP contribution in [0.3, 0.4) is 0 Å². The summed E-state index contributed by atoms with van der Waals surface area (Å²) in [6.07, 6.45) is 3.26. The monoisotopic (exact) mass is 392 g/mol. The number of nitrogens with one attached hydrogen (secondary N) is 2. The second kappa shape index (κ2) is 7.97. The minimum Gasteiger partial charge on any atom is -0.342 e. The number of nitrogens with zero attached hydrogens (tertiary/aromatic N) is 6. The summed E-state index contributed by atoms with van der Waals surface area (Å²) in [5.41, 5.74) is 3.05. The normalized spacial score (nSPS) is 10.8. The third-order valence-electron chi connectivity index (χ3n) is 4.22. The lowest BCUT2D eigenvalue weighted by molar-refractivity contribution is -0.116. The second-order valence-corrected chi connectivity index (χ2v) is 6.35. The summed E-state index contributed by atoms with van der Waals surface area (Å²) in [5, 5.41) is 13.5. The zero-order chi connectivity index (χ0) is 20.2. The summed E-state index contributed by atoms with van der Waals surface area (Å²) in [5.74, 6) is 0.627. The molecule has 0 fully saturated rings. The molecule has 4 aromatic rings. The van der Waals surface area contributed by atoms with Crippen molar-refractivity contribution in [2.24, 2.45) is 0 Å². The number of carbonyl (C=O) groups excluding carboxylic acids is 1. The van der Waals surface area contributed by atoms with Gasteiger partial charge in [0, 0.05) is 23.7 Å². The topological polar surface area (TPSA) is 114 Å². The van der Waals surface area contributed by atoms with Gasteiger partial charge < -0.3 is 10.3 Å². The third-order valence-corrected chi connectivity index (χ3v) is 4.22. The Labute approximate surface area is 165 Å². The summed E-state index contributed by atoms with van der Waals surface area (Å²) in [7, 11) is 0. The van der Waals surface area contributed by atoms with Crippen molar-refractivity contribution >= 4 is 11.7 Å². The number of benzene rings is 1. The van der Waals surface area contributed by atoms with Gasteiger partial charge in [0.2, 0.25) is 5.91 Å². The molecule has 0 bridgehead atoms. The van der Waals surface area contributed by atoms with Gasteiger partial charge in [0.05, 0.1) is 17.9 Å². The first kappa shape index (κ1) is 18.4. The third kappa shape index (κ3) is 4.32. The first-order valence-electron chi connectivity index (χ1n) is 8.88. The van der Waals surface area contributed by atoms with Gasteiger partial charge in [-0.1, -0.05) is 0 Å². The molecule has 0 aliphatic carbocycles. The molecule has 1 amide bonds. The van der Waals surface area contributed by atoms with Gasteiger partial charge in [0.15, 0.2) is 0 Å². The Morgan fingerprint density at radius 3 is 2.79 bits per heavy atom. The van der Waals surface area contributed by atoms with Gasteiger partial charge in [-0.05, 0) is 53.7 Å². The summed E-state index contributed by atoms with van der Waals surface area (Å²) < 4.78 is 14.7. The van der Waals surface area contributed by atoms with E-state index in [0.29, 0.717) is 18.1 Å². The lowest BCUT2D eigenvalue weighted by Gasteiger charge is -2.07. The number of halogens is 1. The molecule has 9 nitrogen and oxygen atoms in total. The Morgan fingerprint density at radius 2 is 2.03 bits per heavy atom. The van der Waals surface area contributed by atoms with E-state index < -0.39 is 0 Å². The smallest absolute Gasteiger partial charge is 0.227 e. The van der Waals surface area contributed by atoms with Crippen LogP contribution >= 0.6 is 0 Å². The highest BCUT2D eigenvalue weighted by Crippen LogP contribution is 2.31. The number of hydrogen-bond acceptors (Lipinski definition) is 6. The van der Waals surface area contributed by atoms with Crippen molar-refractivity contribution in [2.75, 3.05) is 5.32 Å². The maximum atomic E-state index is 13.3. The largest absolute Gasteiger partial charge is 0.342 e. The van der Waals surface area contributed by atoms with Crippen LogP contribution in [0.1, 0.15) is 12.2 Å². The van der Waals surface area contributed by atoms with E-state index in [0.717, 1.165) is 22.6 Å². The molecule has 2 N–H and O–H groups in total. The molecule has 0 atom stereocenters. The molecular weight excluding hydrogens is 375 g/mol. The van der Waals surface area contributed by atoms with E-state index in [2.05, 4.69) is 35.8 Å². The minimum absolute atomic E-state index is 0.206. The highest BCUT2D eigenvalue weighted by atomic mass is 19.1. The average Bonchev–Trinajstić information content (AvgIpc) is 3.37. The molecule has 0 saturated carbocycles. The predicted molar refractivity (Wildman–Crippen MR) is 103 cm³/mol. The Hall–Kier alpha value is -3.95. The van der Waals surface area contributed by atoms with Crippen LogP contribution in [0.4, 0.5) is 10.2 Å². The predicted octanol–water partition coefficient (Wildman–Crippen LogP) is 2.60. The van der Waals surface area contributed by atoms with Gasteiger partial charge >= 0.3 is 0 Å². The number of imidazole rings is 1. The van der Waals surface area contributed by atoms with Crippen molar-refractivity contribution in [2.45, 2.75) is 19.9 Å². The summed E-state index contributed by atoms with van der Waals surface area (Å²) in [6, 6.07) is 9.73. The number of aromatic nitrogens is 7. The Bertz CT molecular complexity index is 1120. The van der Waals surface area contributed by atoms with E-state index >= 15 is 0 Å². The van der Waals surface area contributed by atoms with Crippen molar-refractivity contribution in [3.8, 4) is 22.5 Å². The molecule has 0 radical (unpaired) electrons. The number of carbonyl (C=O) groups is 1. The quantitative estimate of drug-likeness (QED) is 0.521. The zero-order valence-corrected chi connectivity index (χ0v) is 15.5. The Kier molecular flexibility index (Phi) is 5.06. The van der Waals surface area contributed by atoms with Crippen LogP contribution in [0.25, 0.3) is 22.5 Å². The standard InChI is InChI=1S/C19H17FN8O/c1-12-23-18(13-2-4-15(20)5-3-13)19(24-12)14-6-8-21-16(10-14)25-17(29)7-9-28-11-22-26-27-28/h2-6,8,10-11H,7,9H2,1H3,(H,23,24)(H,21,25,29). The van der Waals surface area contributed by atoms with Gasteiger partial charge in [-0.2, -0.15) is 0 Å². The van der Waals surface area contributed by atoms with Crippen LogP contribution in [0, 0.1) is 12.7 Å². The molecule has 3 aromatic heterocycles. The van der Waals surface area contributed by atoms with Gasteiger partial charge in [-0.25, -0.2) is 19.0 Å². The van der Waals surface area contributed by atoms with E-state index in [1.54, 1.807) is 30.5 Å². The van der Waals surface area contributed by atoms with Crippen molar-refractivity contribution < 1.29 is 9.18 Å². The van der Waals surface area contributed by atoms with Crippen LogP contribution in [0.5, 0.6) is 0 Å². The fourth-order valence-electron chi connectivity index (χ4n) is 2.88. The van der Waals surface area contributed by atoms with Crippen LogP contribution in [-0.2, 0) is 11.3 Å². The SMILES string of the molecule is Cc1nc(-c2ccnc(NC(=O)CCn3cnnn3)c2)c(-c2ccc(F)cc2)[nH]1. The van der Waals surface area contributed by atoms with Gasteiger partial charge in [0.25, 0.3) is 0 Å². The molecule has 1 aromatic carbocycles. The number of anilines is 1. The molecule has 3 heterocycles. The first-order valence-corrected chi connectivity index (χ1v) is 8.88. The molecule has 0 aliphatic rings. The van der Waals surface area contributed by atoms with Gasteiger partial charge in [-0.3, -0.25) is 4.79 Å². The maximum Gasteiger partial charge on any atom is 0.227 e. The van der Waals surface area contributed by atoms with Crippen molar-refractivity contribution in [3.63, 3.8) is 0 Å². The number of pyridine rings is 1. The summed E-state index contributed by atoms with van der Waals surface area (Å²) in [6.45, 7) is 2.21. The minimum atomic E-state index is -0.304. The number of H-pyrrole nitrogens is 1. The Balaban J connectivity index is 1.54. The highest BCUT2D eigenvalue weighted by Gasteiger charge is 2.14. The fourth-order valence-corrected chi connectivity index (χ4v) is 2.88.